The van der Waals surface area contributed by atoms with Crippen molar-refractivity contribution >= 4 is 29.2 Å². The van der Waals surface area contributed by atoms with Crippen molar-refractivity contribution < 1.29 is 9.90 Å². The Hall–Kier alpha value is -2.90. The van der Waals surface area contributed by atoms with Crippen LogP contribution in [-0.2, 0) is 11.2 Å². The van der Waals surface area contributed by atoms with Gasteiger partial charge >= 0.3 is 0 Å². The van der Waals surface area contributed by atoms with E-state index >= 15 is 0 Å². The van der Waals surface area contributed by atoms with Crippen molar-refractivity contribution in [3.8, 4) is 5.75 Å². The van der Waals surface area contributed by atoms with Crippen LogP contribution in [-0.4, -0.2) is 72.8 Å². The minimum Gasteiger partial charge on any atom is -0.508 e. The van der Waals surface area contributed by atoms with Gasteiger partial charge in [0.2, 0.25) is 5.91 Å². The Morgan fingerprint density at radius 2 is 1.83 bits per heavy atom. The first kappa shape index (κ1) is 19.4. The smallest absolute Gasteiger partial charge is 0.241 e. The highest BCUT2D eigenvalue weighted by Crippen LogP contribution is 2.31. The number of nitrogen functional groups attached to an aromatic ring is 1. The maximum Gasteiger partial charge on any atom is 0.241 e. The Morgan fingerprint density at radius 1 is 1.07 bits per heavy atom. The molecule has 0 saturated carbocycles. The monoisotopic (exact) mass is 393 g/mol. The molecule has 1 saturated heterocycles. The molecule has 4 rings (SSSR count). The lowest BCUT2D eigenvalue weighted by molar-refractivity contribution is -0.120. The second-order valence-electron chi connectivity index (χ2n) is 7.56. The first-order valence-electron chi connectivity index (χ1n) is 10.0. The predicted molar refractivity (Wildman–Crippen MR) is 116 cm³/mol. The summed E-state index contributed by atoms with van der Waals surface area (Å²) in [6.07, 6.45) is 2.71. The van der Waals surface area contributed by atoms with Gasteiger partial charge in [-0.25, -0.2) is 0 Å². The molecule has 3 N–H and O–H groups in total. The van der Waals surface area contributed by atoms with Gasteiger partial charge in [-0.1, -0.05) is 12.1 Å². The third-order valence-electron chi connectivity index (χ3n) is 5.59. The fourth-order valence-electron chi connectivity index (χ4n) is 3.91. The van der Waals surface area contributed by atoms with Crippen molar-refractivity contribution in [2.75, 3.05) is 56.4 Å². The fourth-order valence-corrected chi connectivity index (χ4v) is 3.91. The minimum atomic E-state index is 0.129. The molecule has 29 heavy (non-hydrogen) atoms. The van der Waals surface area contributed by atoms with Gasteiger partial charge in [-0.15, -0.1) is 0 Å². The Bertz CT molecular complexity index is 906. The van der Waals surface area contributed by atoms with Crippen molar-refractivity contribution in [2.24, 2.45) is 4.99 Å². The summed E-state index contributed by atoms with van der Waals surface area (Å²) in [5.74, 6) is 0.386. The van der Waals surface area contributed by atoms with Gasteiger partial charge < -0.3 is 15.7 Å². The van der Waals surface area contributed by atoms with Crippen LogP contribution in [0.25, 0.3) is 0 Å². The molecule has 7 nitrogen and oxygen atoms in total. The number of piperazine rings is 1. The van der Waals surface area contributed by atoms with Crippen molar-refractivity contribution in [1.29, 1.82) is 0 Å². The van der Waals surface area contributed by atoms with E-state index in [1.807, 2.05) is 41.4 Å². The Balaban J connectivity index is 1.24. The van der Waals surface area contributed by atoms with Crippen LogP contribution in [0.5, 0.6) is 5.75 Å². The van der Waals surface area contributed by atoms with Gasteiger partial charge in [0.1, 0.15) is 5.75 Å². The molecular formula is C22H27N5O2. The zero-order valence-corrected chi connectivity index (χ0v) is 16.5. The lowest BCUT2D eigenvalue weighted by Crippen LogP contribution is -2.50. The molecule has 2 aromatic carbocycles. The van der Waals surface area contributed by atoms with E-state index in [4.69, 9.17) is 5.73 Å². The zero-order chi connectivity index (χ0) is 20.2. The second-order valence-corrected chi connectivity index (χ2v) is 7.56. The molecule has 0 atom stereocenters. The summed E-state index contributed by atoms with van der Waals surface area (Å²) in [5.41, 5.74) is 9.37. The van der Waals surface area contributed by atoms with E-state index < -0.39 is 0 Å². The van der Waals surface area contributed by atoms with Gasteiger partial charge in [-0.05, 0) is 42.3 Å². The average molecular weight is 393 g/mol. The molecule has 152 valence electrons. The van der Waals surface area contributed by atoms with Crippen LogP contribution in [0.1, 0.15) is 5.56 Å². The largest absolute Gasteiger partial charge is 0.508 e. The number of carbonyl (C=O) groups is 1. The fraction of sp³-hybridized carbons (Fsp3) is 0.364. The summed E-state index contributed by atoms with van der Waals surface area (Å²) in [7, 11) is 0. The molecule has 2 aliphatic heterocycles. The SMILES string of the molecule is Nc1ccccc1N=CCN1CCN(CC(=O)N2CCc3cc(O)ccc32)CC1. The molecule has 0 bridgehead atoms. The summed E-state index contributed by atoms with van der Waals surface area (Å²) >= 11 is 0. The molecular weight excluding hydrogens is 366 g/mol. The molecule has 2 heterocycles. The molecule has 1 fully saturated rings. The number of benzene rings is 2. The summed E-state index contributed by atoms with van der Waals surface area (Å²) in [6, 6.07) is 12.8. The van der Waals surface area contributed by atoms with E-state index in [1.165, 1.54) is 0 Å². The van der Waals surface area contributed by atoms with E-state index in [0.717, 1.165) is 56.1 Å². The van der Waals surface area contributed by atoms with E-state index in [9.17, 15) is 9.90 Å². The van der Waals surface area contributed by atoms with Gasteiger partial charge in [0.15, 0.2) is 0 Å². The number of fused-ring (bicyclic) bond motifs is 1. The van der Waals surface area contributed by atoms with Crippen molar-refractivity contribution in [3.05, 3.63) is 48.0 Å². The lowest BCUT2D eigenvalue weighted by atomic mass is 10.1. The summed E-state index contributed by atoms with van der Waals surface area (Å²) in [6.45, 7) is 5.45. The van der Waals surface area contributed by atoms with E-state index in [1.54, 1.807) is 12.1 Å². The second kappa shape index (κ2) is 8.63. The summed E-state index contributed by atoms with van der Waals surface area (Å²) in [4.78, 5) is 23.6. The number of amides is 1. The van der Waals surface area contributed by atoms with E-state index in [2.05, 4.69) is 14.8 Å². The molecule has 0 aliphatic carbocycles. The molecule has 2 aromatic rings. The lowest BCUT2D eigenvalue weighted by Gasteiger charge is -2.34. The first-order valence-corrected chi connectivity index (χ1v) is 10.0. The topological polar surface area (TPSA) is 85.4 Å². The van der Waals surface area contributed by atoms with Crippen LogP contribution in [0, 0.1) is 0 Å². The number of carbonyl (C=O) groups excluding carboxylic acids is 1. The average Bonchev–Trinajstić information content (AvgIpc) is 3.14. The van der Waals surface area contributed by atoms with Gasteiger partial charge in [-0.3, -0.25) is 19.6 Å². The molecule has 0 spiro atoms. The number of hydrogen-bond acceptors (Lipinski definition) is 6. The Labute approximate surface area is 171 Å². The van der Waals surface area contributed by atoms with Crippen molar-refractivity contribution in [3.63, 3.8) is 0 Å². The molecule has 2 aliphatic rings. The highest BCUT2D eigenvalue weighted by Gasteiger charge is 2.27. The van der Waals surface area contributed by atoms with Crippen LogP contribution < -0.4 is 10.6 Å². The number of aliphatic imine (C=N–C) groups is 1. The number of nitrogens with zero attached hydrogens (tertiary/aromatic N) is 4. The van der Waals surface area contributed by atoms with Gasteiger partial charge in [-0.2, -0.15) is 0 Å². The minimum absolute atomic E-state index is 0.129. The normalized spacial score (nSPS) is 17.7. The Kier molecular flexibility index (Phi) is 5.78. The van der Waals surface area contributed by atoms with Crippen molar-refractivity contribution in [2.45, 2.75) is 6.42 Å². The molecule has 0 radical (unpaired) electrons. The van der Waals surface area contributed by atoms with Gasteiger partial charge in [0, 0.05) is 51.2 Å². The standard InChI is InChI=1S/C22H27N5O2/c23-19-3-1-2-4-20(19)24-8-10-25-11-13-26(14-12-25)16-22(29)27-9-7-17-15-18(28)5-6-21(17)27/h1-6,8,15,28H,7,9-14,16,23H2. The molecule has 1 amide bonds. The highest BCUT2D eigenvalue weighted by molar-refractivity contribution is 5.96. The zero-order valence-electron chi connectivity index (χ0n) is 16.5. The van der Waals surface area contributed by atoms with Crippen LogP contribution in [0.3, 0.4) is 0 Å². The quantitative estimate of drug-likeness (QED) is 0.599. The van der Waals surface area contributed by atoms with Gasteiger partial charge in [0.05, 0.1) is 17.9 Å². The summed E-state index contributed by atoms with van der Waals surface area (Å²) < 4.78 is 0. The number of hydrogen-bond donors (Lipinski definition) is 2. The summed E-state index contributed by atoms with van der Waals surface area (Å²) in [5, 5.41) is 9.62. The molecule has 0 unspecified atom stereocenters. The van der Waals surface area contributed by atoms with Crippen LogP contribution >= 0.6 is 0 Å². The highest BCUT2D eigenvalue weighted by atomic mass is 16.3. The van der Waals surface area contributed by atoms with E-state index in [0.29, 0.717) is 18.8 Å². The number of rotatable bonds is 5. The van der Waals surface area contributed by atoms with Crippen LogP contribution in [0.15, 0.2) is 47.5 Å². The maximum absolute atomic E-state index is 12.8. The molecule has 0 aromatic heterocycles. The molecule has 7 heteroatoms. The van der Waals surface area contributed by atoms with Crippen molar-refractivity contribution in [1.82, 2.24) is 9.80 Å². The van der Waals surface area contributed by atoms with E-state index in [-0.39, 0.29) is 11.7 Å². The van der Waals surface area contributed by atoms with Crippen LogP contribution in [0.2, 0.25) is 0 Å². The first-order chi connectivity index (χ1) is 14.1. The number of anilines is 2. The number of phenols is 1. The predicted octanol–water partition coefficient (Wildman–Crippen LogP) is 1.88. The number of nitrogens with two attached hydrogens (primary N) is 1. The third-order valence-corrected chi connectivity index (χ3v) is 5.59. The van der Waals surface area contributed by atoms with Gasteiger partial charge in [0.25, 0.3) is 0 Å². The number of aromatic hydroxyl groups is 1. The number of phenolic OH excluding ortho intramolecular Hbond substituents is 1. The Morgan fingerprint density at radius 3 is 2.62 bits per heavy atom. The number of para-hydroxylation sites is 2. The maximum atomic E-state index is 12.8. The van der Waals surface area contributed by atoms with Crippen LogP contribution in [0.4, 0.5) is 17.1 Å². The third kappa shape index (κ3) is 4.58.